The van der Waals surface area contributed by atoms with E-state index in [1.807, 2.05) is 12.5 Å². The van der Waals surface area contributed by atoms with Gasteiger partial charge in [-0.1, -0.05) is 40.5 Å². The first-order valence-corrected chi connectivity index (χ1v) is 11.1. The number of hydrogen-bond donors (Lipinski definition) is 0. The lowest BCUT2D eigenvalue weighted by Gasteiger charge is -2.39. The fourth-order valence-corrected chi connectivity index (χ4v) is 5.58. The zero-order chi connectivity index (χ0) is 17.4. The molecule has 1 aromatic rings. The van der Waals surface area contributed by atoms with Crippen LogP contribution < -0.4 is 0 Å². The normalized spacial score (nSPS) is 23.3. The zero-order valence-corrected chi connectivity index (χ0v) is 17.2. The minimum absolute atomic E-state index is 0.492. The van der Waals surface area contributed by atoms with Gasteiger partial charge in [-0.25, -0.2) is 4.98 Å². The standard InChI is InChI=1S/C21H38N2S/c1-5-6-7-16-24-20(12-14-23-15-13-22-17-23)18-8-10-19(11-9-18)21(2,3)4/h13,15,17-20H,5-12,14,16H2,1-4H3. The highest BCUT2D eigenvalue weighted by Gasteiger charge is 2.32. The molecule has 0 spiro atoms. The molecule has 1 fully saturated rings. The van der Waals surface area contributed by atoms with Gasteiger partial charge in [0.15, 0.2) is 0 Å². The molecule has 1 saturated carbocycles. The Bertz CT molecular complexity index is 427. The van der Waals surface area contributed by atoms with Gasteiger partial charge < -0.3 is 4.57 Å². The number of rotatable bonds is 9. The lowest BCUT2D eigenvalue weighted by Crippen LogP contribution is -2.30. The first-order valence-electron chi connectivity index (χ1n) is 10.1. The maximum atomic E-state index is 4.19. The van der Waals surface area contributed by atoms with Crippen LogP contribution in [0.25, 0.3) is 0 Å². The Kier molecular flexibility index (Phi) is 8.19. The number of hydrogen-bond acceptors (Lipinski definition) is 2. The largest absolute Gasteiger partial charge is 0.337 e. The molecule has 138 valence electrons. The van der Waals surface area contributed by atoms with Gasteiger partial charge >= 0.3 is 0 Å². The third-order valence-electron chi connectivity index (χ3n) is 5.83. The van der Waals surface area contributed by atoms with E-state index in [-0.39, 0.29) is 0 Å². The Morgan fingerprint density at radius 3 is 2.50 bits per heavy atom. The highest BCUT2D eigenvalue weighted by atomic mass is 32.2. The van der Waals surface area contributed by atoms with Crippen molar-refractivity contribution in [2.24, 2.45) is 17.3 Å². The van der Waals surface area contributed by atoms with E-state index in [0.717, 1.165) is 23.6 Å². The zero-order valence-electron chi connectivity index (χ0n) is 16.3. The highest BCUT2D eigenvalue weighted by Crippen LogP contribution is 2.43. The van der Waals surface area contributed by atoms with Crippen LogP contribution in [0.5, 0.6) is 0 Å². The summed E-state index contributed by atoms with van der Waals surface area (Å²) in [6.45, 7) is 10.7. The van der Waals surface area contributed by atoms with Crippen molar-refractivity contribution in [2.45, 2.75) is 90.9 Å². The molecule has 1 heterocycles. The van der Waals surface area contributed by atoms with Crippen molar-refractivity contribution in [3.05, 3.63) is 18.7 Å². The van der Waals surface area contributed by atoms with Gasteiger partial charge in [0, 0.05) is 24.2 Å². The Balaban J connectivity index is 1.84. The van der Waals surface area contributed by atoms with Crippen LogP contribution in [-0.4, -0.2) is 20.6 Å². The number of thioether (sulfide) groups is 1. The van der Waals surface area contributed by atoms with Gasteiger partial charge in [0.25, 0.3) is 0 Å². The van der Waals surface area contributed by atoms with Crippen LogP contribution in [0.15, 0.2) is 18.7 Å². The molecule has 1 aliphatic rings. The van der Waals surface area contributed by atoms with E-state index in [4.69, 9.17) is 0 Å². The van der Waals surface area contributed by atoms with Crippen molar-refractivity contribution in [3.63, 3.8) is 0 Å². The van der Waals surface area contributed by atoms with Gasteiger partial charge in [0.1, 0.15) is 0 Å². The summed E-state index contributed by atoms with van der Waals surface area (Å²) in [6.07, 6.45) is 17.1. The Morgan fingerprint density at radius 1 is 1.17 bits per heavy atom. The minimum atomic E-state index is 0.492. The van der Waals surface area contributed by atoms with E-state index >= 15 is 0 Å². The molecule has 0 aliphatic heterocycles. The van der Waals surface area contributed by atoms with E-state index in [0.29, 0.717) is 5.41 Å². The molecule has 0 N–H and O–H groups in total. The van der Waals surface area contributed by atoms with E-state index in [1.54, 1.807) is 0 Å². The molecule has 1 unspecified atom stereocenters. The number of aromatic nitrogens is 2. The molecule has 1 aromatic heterocycles. The SMILES string of the molecule is CCCCCSC(CCn1ccnc1)C1CCC(C(C)(C)C)CC1. The summed E-state index contributed by atoms with van der Waals surface area (Å²) in [5.74, 6) is 3.20. The molecule has 0 saturated heterocycles. The van der Waals surface area contributed by atoms with Gasteiger partial charge in [0.2, 0.25) is 0 Å². The lowest BCUT2D eigenvalue weighted by atomic mass is 9.69. The van der Waals surface area contributed by atoms with E-state index in [1.165, 1.54) is 57.1 Å². The summed E-state index contributed by atoms with van der Waals surface area (Å²) < 4.78 is 2.25. The number of aryl methyl sites for hydroxylation is 1. The second kappa shape index (κ2) is 9.89. The van der Waals surface area contributed by atoms with Crippen molar-refractivity contribution in [1.29, 1.82) is 0 Å². The number of unbranched alkanes of at least 4 members (excludes halogenated alkanes) is 2. The first kappa shape index (κ1) is 19.9. The second-order valence-electron chi connectivity index (χ2n) is 8.68. The molecule has 1 aliphatic carbocycles. The molecule has 0 bridgehead atoms. The Morgan fingerprint density at radius 2 is 1.92 bits per heavy atom. The predicted molar refractivity (Wildman–Crippen MR) is 108 cm³/mol. The summed E-state index contributed by atoms with van der Waals surface area (Å²) in [7, 11) is 0. The molecule has 1 atom stereocenters. The van der Waals surface area contributed by atoms with Crippen molar-refractivity contribution >= 4 is 11.8 Å². The fourth-order valence-electron chi connectivity index (χ4n) is 4.09. The topological polar surface area (TPSA) is 17.8 Å². The molecule has 24 heavy (non-hydrogen) atoms. The summed E-state index contributed by atoms with van der Waals surface area (Å²) in [5, 5.41) is 0.838. The van der Waals surface area contributed by atoms with E-state index in [9.17, 15) is 0 Å². The monoisotopic (exact) mass is 350 g/mol. The average molecular weight is 351 g/mol. The Labute approximate surface area is 154 Å². The maximum Gasteiger partial charge on any atom is 0.0945 e. The smallest absolute Gasteiger partial charge is 0.0945 e. The molecular formula is C21H38N2S. The molecule has 0 radical (unpaired) electrons. The van der Waals surface area contributed by atoms with Crippen LogP contribution in [0.4, 0.5) is 0 Å². The molecule has 2 rings (SSSR count). The van der Waals surface area contributed by atoms with Crippen LogP contribution in [-0.2, 0) is 6.54 Å². The van der Waals surface area contributed by atoms with Gasteiger partial charge in [-0.3, -0.25) is 0 Å². The molecule has 0 aromatic carbocycles. The third-order valence-corrected chi connectivity index (χ3v) is 7.41. The van der Waals surface area contributed by atoms with Crippen molar-refractivity contribution in [1.82, 2.24) is 9.55 Å². The molecule has 0 amide bonds. The predicted octanol–water partition coefficient (Wildman–Crippen LogP) is 6.42. The Hall–Kier alpha value is -0.440. The minimum Gasteiger partial charge on any atom is -0.337 e. The lowest BCUT2D eigenvalue weighted by molar-refractivity contribution is 0.147. The summed E-state index contributed by atoms with van der Waals surface area (Å²) in [6, 6.07) is 0. The van der Waals surface area contributed by atoms with Gasteiger partial charge in [0.05, 0.1) is 6.33 Å². The van der Waals surface area contributed by atoms with Crippen LogP contribution in [0.3, 0.4) is 0 Å². The third kappa shape index (κ3) is 6.46. The number of imidazole rings is 1. The van der Waals surface area contributed by atoms with Gasteiger partial charge in [-0.05, 0) is 61.5 Å². The van der Waals surface area contributed by atoms with Crippen molar-refractivity contribution < 1.29 is 0 Å². The molecule has 2 nitrogen and oxygen atoms in total. The molecule has 3 heteroatoms. The van der Waals surface area contributed by atoms with E-state index < -0.39 is 0 Å². The summed E-state index contributed by atoms with van der Waals surface area (Å²) in [5.41, 5.74) is 0.492. The van der Waals surface area contributed by atoms with Crippen LogP contribution in [0.1, 0.15) is 79.1 Å². The fraction of sp³-hybridized carbons (Fsp3) is 0.857. The molecular weight excluding hydrogens is 312 g/mol. The number of nitrogens with zero attached hydrogens (tertiary/aromatic N) is 2. The summed E-state index contributed by atoms with van der Waals surface area (Å²) in [4.78, 5) is 4.19. The van der Waals surface area contributed by atoms with Crippen molar-refractivity contribution in [3.8, 4) is 0 Å². The summed E-state index contributed by atoms with van der Waals surface area (Å²) >= 11 is 2.26. The van der Waals surface area contributed by atoms with Crippen LogP contribution >= 0.6 is 11.8 Å². The average Bonchev–Trinajstić information content (AvgIpc) is 3.07. The van der Waals surface area contributed by atoms with Gasteiger partial charge in [-0.2, -0.15) is 11.8 Å². The van der Waals surface area contributed by atoms with Crippen LogP contribution in [0, 0.1) is 17.3 Å². The quantitative estimate of drug-likeness (QED) is 0.478. The second-order valence-corrected chi connectivity index (χ2v) is 10.0. The van der Waals surface area contributed by atoms with Crippen molar-refractivity contribution in [2.75, 3.05) is 5.75 Å². The van der Waals surface area contributed by atoms with E-state index in [2.05, 4.69) is 55.2 Å². The van der Waals surface area contributed by atoms with Crippen LogP contribution in [0.2, 0.25) is 0 Å². The first-order chi connectivity index (χ1) is 11.5. The van der Waals surface area contributed by atoms with Gasteiger partial charge in [-0.15, -0.1) is 0 Å². The maximum absolute atomic E-state index is 4.19. The highest BCUT2D eigenvalue weighted by molar-refractivity contribution is 7.99.